The van der Waals surface area contributed by atoms with Crippen LogP contribution in [0.4, 0.5) is 0 Å². The molecule has 0 fully saturated rings. The van der Waals surface area contributed by atoms with Crippen molar-refractivity contribution in [2.24, 2.45) is 0 Å². The minimum atomic E-state index is -0.675. The fraction of sp³-hybridized carbons (Fsp3) is 0.440. The Morgan fingerprint density at radius 3 is 2.63 bits per heavy atom. The summed E-state index contributed by atoms with van der Waals surface area (Å²) in [5.41, 5.74) is 4.36. The van der Waals surface area contributed by atoms with E-state index in [0.29, 0.717) is 18.8 Å². The van der Waals surface area contributed by atoms with Crippen LogP contribution in [0.1, 0.15) is 64.7 Å². The summed E-state index contributed by atoms with van der Waals surface area (Å²) in [6, 6.07) is 12.2. The predicted octanol–water partition coefficient (Wildman–Crippen LogP) is 4.88. The average Bonchev–Trinajstić information content (AvgIpc) is 2.78. The van der Waals surface area contributed by atoms with Crippen molar-refractivity contribution < 1.29 is 19.0 Å². The fourth-order valence-electron chi connectivity index (χ4n) is 4.81. The SMILES string of the molecule is COc1cc(COC2(CC#N)CCCc3ccc(OC)cc32)c2c(c1)C(=O)CCC2. The Morgan fingerprint density at radius 2 is 1.87 bits per heavy atom. The molecule has 30 heavy (non-hydrogen) atoms. The zero-order chi connectivity index (χ0) is 21.1. The van der Waals surface area contributed by atoms with Crippen molar-refractivity contribution in [3.8, 4) is 17.6 Å². The highest BCUT2D eigenvalue weighted by atomic mass is 16.5. The summed E-state index contributed by atoms with van der Waals surface area (Å²) >= 11 is 0. The molecule has 0 aliphatic heterocycles. The van der Waals surface area contributed by atoms with Gasteiger partial charge in [0.15, 0.2) is 5.78 Å². The molecule has 0 radical (unpaired) electrons. The molecule has 0 heterocycles. The molecule has 2 aromatic carbocycles. The van der Waals surface area contributed by atoms with Gasteiger partial charge in [-0.15, -0.1) is 0 Å². The number of benzene rings is 2. The van der Waals surface area contributed by atoms with E-state index in [1.54, 1.807) is 14.2 Å². The molecule has 0 N–H and O–H groups in total. The van der Waals surface area contributed by atoms with Gasteiger partial charge in [0.05, 0.1) is 33.3 Å². The average molecular weight is 405 g/mol. The first-order valence-electron chi connectivity index (χ1n) is 10.5. The number of carbonyl (C=O) groups excluding carboxylic acids is 1. The molecule has 1 unspecified atom stereocenters. The number of Topliss-reactive ketones (excluding diaryl/α,β-unsaturated/α-hetero) is 1. The Balaban J connectivity index is 1.71. The van der Waals surface area contributed by atoms with Gasteiger partial charge in [0.1, 0.15) is 17.1 Å². The minimum Gasteiger partial charge on any atom is -0.497 e. The highest BCUT2D eigenvalue weighted by Crippen LogP contribution is 2.43. The van der Waals surface area contributed by atoms with Crippen LogP contribution in [0.5, 0.6) is 11.5 Å². The number of aryl methyl sites for hydroxylation is 1. The van der Waals surface area contributed by atoms with Gasteiger partial charge in [-0.2, -0.15) is 5.26 Å². The van der Waals surface area contributed by atoms with Crippen LogP contribution in [0, 0.1) is 11.3 Å². The Bertz CT molecular complexity index is 1010. The van der Waals surface area contributed by atoms with Crippen molar-refractivity contribution in [1.82, 2.24) is 0 Å². The van der Waals surface area contributed by atoms with E-state index in [0.717, 1.165) is 60.1 Å². The quantitative estimate of drug-likeness (QED) is 0.685. The third kappa shape index (κ3) is 3.68. The van der Waals surface area contributed by atoms with Gasteiger partial charge in [-0.05, 0) is 78.6 Å². The number of methoxy groups -OCH3 is 2. The number of carbonyl (C=O) groups is 1. The topological polar surface area (TPSA) is 68.6 Å². The van der Waals surface area contributed by atoms with Crippen molar-refractivity contribution >= 4 is 5.78 Å². The number of hydrogen-bond donors (Lipinski definition) is 0. The predicted molar refractivity (Wildman–Crippen MR) is 113 cm³/mol. The molecule has 5 heteroatoms. The summed E-state index contributed by atoms with van der Waals surface area (Å²) in [4.78, 5) is 12.5. The molecule has 1 atom stereocenters. The number of fused-ring (bicyclic) bond motifs is 2. The summed E-state index contributed by atoms with van der Waals surface area (Å²) in [6.07, 6.45) is 5.29. The lowest BCUT2D eigenvalue weighted by atomic mass is 9.77. The maximum absolute atomic E-state index is 12.5. The molecule has 4 rings (SSSR count). The van der Waals surface area contributed by atoms with E-state index < -0.39 is 5.60 Å². The number of ketones is 1. The van der Waals surface area contributed by atoms with E-state index in [1.165, 1.54) is 5.56 Å². The van der Waals surface area contributed by atoms with E-state index >= 15 is 0 Å². The number of hydrogen-bond acceptors (Lipinski definition) is 5. The second kappa shape index (κ2) is 8.49. The van der Waals surface area contributed by atoms with Crippen molar-refractivity contribution in [2.45, 2.75) is 57.2 Å². The molecule has 2 aromatic rings. The Hall–Kier alpha value is -2.84. The molecule has 0 spiro atoms. The van der Waals surface area contributed by atoms with Crippen LogP contribution in [-0.4, -0.2) is 20.0 Å². The van der Waals surface area contributed by atoms with E-state index in [1.807, 2.05) is 24.3 Å². The minimum absolute atomic E-state index is 0.163. The monoisotopic (exact) mass is 405 g/mol. The van der Waals surface area contributed by atoms with Crippen LogP contribution in [0.2, 0.25) is 0 Å². The van der Waals surface area contributed by atoms with Gasteiger partial charge >= 0.3 is 0 Å². The Labute approximate surface area is 177 Å². The normalized spacial score (nSPS) is 20.1. The molecule has 0 bridgehead atoms. The summed E-state index contributed by atoms with van der Waals surface area (Å²) in [6.45, 7) is 0.338. The maximum atomic E-state index is 12.5. The van der Waals surface area contributed by atoms with Crippen molar-refractivity contribution in [1.29, 1.82) is 5.26 Å². The molecule has 0 saturated heterocycles. The van der Waals surface area contributed by atoms with Gasteiger partial charge in [0.2, 0.25) is 0 Å². The first kappa shape index (κ1) is 20.4. The van der Waals surface area contributed by atoms with E-state index in [4.69, 9.17) is 14.2 Å². The molecule has 156 valence electrons. The van der Waals surface area contributed by atoms with Gasteiger partial charge in [0, 0.05) is 12.0 Å². The van der Waals surface area contributed by atoms with Crippen LogP contribution in [0.25, 0.3) is 0 Å². The first-order valence-corrected chi connectivity index (χ1v) is 10.5. The summed E-state index contributed by atoms with van der Waals surface area (Å²) in [5, 5.41) is 9.62. The smallest absolute Gasteiger partial charge is 0.163 e. The van der Waals surface area contributed by atoms with Gasteiger partial charge in [-0.25, -0.2) is 0 Å². The van der Waals surface area contributed by atoms with Gasteiger partial charge in [-0.1, -0.05) is 6.07 Å². The second-order valence-electron chi connectivity index (χ2n) is 8.08. The van der Waals surface area contributed by atoms with Crippen LogP contribution in [0.3, 0.4) is 0 Å². The third-order valence-electron chi connectivity index (χ3n) is 6.39. The number of rotatable bonds is 6. The van der Waals surface area contributed by atoms with Gasteiger partial charge < -0.3 is 14.2 Å². The summed E-state index contributed by atoms with van der Waals surface area (Å²) in [7, 11) is 3.26. The fourth-order valence-corrected chi connectivity index (χ4v) is 4.81. The van der Waals surface area contributed by atoms with E-state index in [2.05, 4.69) is 12.1 Å². The standard InChI is InChI=1S/C25H27NO4/c1-28-19-9-8-17-5-4-10-25(11-12-26,23(17)15-19)30-16-18-13-20(29-2)14-22-21(18)6-3-7-24(22)27/h8-9,13-15H,3-7,10-11,16H2,1-2H3. The number of nitriles is 1. The van der Waals surface area contributed by atoms with Crippen LogP contribution >= 0.6 is 0 Å². The molecule has 5 nitrogen and oxygen atoms in total. The zero-order valence-electron chi connectivity index (χ0n) is 17.6. The van der Waals surface area contributed by atoms with Crippen LogP contribution < -0.4 is 9.47 Å². The molecule has 0 saturated carbocycles. The van der Waals surface area contributed by atoms with Crippen molar-refractivity contribution in [2.75, 3.05) is 14.2 Å². The molecular formula is C25H27NO4. The molecular weight excluding hydrogens is 378 g/mol. The molecule has 0 amide bonds. The second-order valence-corrected chi connectivity index (χ2v) is 8.08. The van der Waals surface area contributed by atoms with Gasteiger partial charge in [0.25, 0.3) is 0 Å². The van der Waals surface area contributed by atoms with Crippen LogP contribution in [-0.2, 0) is 29.8 Å². The number of nitrogens with zero attached hydrogens (tertiary/aromatic N) is 1. The Kier molecular flexibility index (Phi) is 5.78. The lowest BCUT2D eigenvalue weighted by Crippen LogP contribution is -2.34. The van der Waals surface area contributed by atoms with Crippen LogP contribution in [0.15, 0.2) is 30.3 Å². The van der Waals surface area contributed by atoms with E-state index in [9.17, 15) is 10.1 Å². The zero-order valence-corrected chi connectivity index (χ0v) is 17.6. The van der Waals surface area contributed by atoms with Gasteiger partial charge in [-0.3, -0.25) is 4.79 Å². The lowest BCUT2D eigenvalue weighted by molar-refractivity contribution is -0.0710. The highest BCUT2D eigenvalue weighted by molar-refractivity contribution is 5.99. The van der Waals surface area contributed by atoms with E-state index in [-0.39, 0.29) is 12.2 Å². The Morgan fingerprint density at radius 1 is 1.03 bits per heavy atom. The maximum Gasteiger partial charge on any atom is 0.163 e. The number of ether oxygens (including phenoxy) is 3. The molecule has 2 aliphatic rings. The highest BCUT2D eigenvalue weighted by Gasteiger charge is 2.38. The largest absolute Gasteiger partial charge is 0.497 e. The van der Waals surface area contributed by atoms with Crippen molar-refractivity contribution in [3.05, 3.63) is 58.1 Å². The van der Waals surface area contributed by atoms with Crippen molar-refractivity contribution in [3.63, 3.8) is 0 Å². The molecule has 2 aliphatic carbocycles. The third-order valence-corrected chi connectivity index (χ3v) is 6.39. The first-order chi connectivity index (χ1) is 14.6. The molecule has 0 aromatic heterocycles. The summed E-state index contributed by atoms with van der Waals surface area (Å²) in [5.74, 6) is 1.60. The summed E-state index contributed by atoms with van der Waals surface area (Å²) < 4.78 is 17.5. The lowest BCUT2D eigenvalue weighted by Gasteiger charge is -2.38.